The fraction of sp³-hybridized carbons (Fsp3) is 0.583. The first-order valence-corrected chi connectivity index (χ1v) is 5.34. The number of rotatable bonds is 5. The summed E-state index contributed by atoms with van der Waals surface area (Å²) in [5.74, 6) is 0.793. The van der Waals surface area contributed by atoms with E-state index in [1.807, 2.05) is 0 Å². The summed E-state index contributed by atoms with van der Waals surface area (Å²) < 4.78 is 5.25. The van der Waals surface area contributed by atoms with Gasteiger partial charge in [-0.05, 0) is 25.3 Å². The summed E-state index contributed by atoms with van der Waals surface area (Å²) in [4.78, 5) is 4.48. The Balaban J connectivity index is 2.79. The van der Waals surface area contributed by atoms with Crippen molar-refractivity contribution in [3.05, 3.63) is 23.4 Å². The first-order valence-electron chi connectivity index (χ1n) is 5.34. The van der Waals surface area contributed by atoms with Gasteiger partial charge in [-0.25, -0.2) is 4.98 Å². The molecule has 1 rings (SSSR count). The van der Waals surface area contributed by atoms with Gasteiger partial charge < -0.3 is 4.74 Å². The van der Waals surface area contributed by atoms with Gasteiger partial charge in [0.2, 0.25) is 5.88 Å². The van der Waals surface area contributed by atoms with Crippen LogP contribution >= 0.6 is 0 Å². The van der Waals surface area contributed by atoms with Crippen LogP contribution < -0.4 is 4.74 Å². The number of hydrogen-bond acceptors (Lipinski definition) is 2. The largest absolute Gasteiger partial charge is 0.481 e. The highest BCUT2D eigenvalue weighted by molar-refractivity contribution is 5.28. The number of unbranched alkanes of at least 4 members (excludes halogenated alkanes) is 1. The van der Waals surface area contributed by atoms with E-state index in [1.54, 1.807) is 7.11 Å². The van der Waals surface area contributed by atoms with E-state index in [0.29, 0.717) is 0 Å². The molecule has 1 aromatic rings. The monoisotopic (exact) mass is 193 g/mol. The SMILES string of the molecule is CCCCc1ccc(CC)c(OC)n1. The Kier molecular flexibility index (Phi) is 4.44. The number of methoxy groups -OCH3 is 1. The molecule has 14 heavy (non-hydrogen) atoms. The van der Waals surface area contributed by atoms with Gasteiger partial charge in [-0.3, -0.25) is 0 Å². The zero-order valence-corrected chi connectivity index (χ0v) is 9.34. The first kappa shape index (κ1) is 11.0. The number of pyridine rings is 1. The normalized spacial score (nSPS) is 10.2. The lowest BCUT2D eigenvalue weighted by molar-refractivity contribution is 0.391. The number of hydrogen-bond donors (Lipinski definition) is 0. The lowest BCUT2D eigenvalue weighted by Gasteiger charge is -2.07. The highest BCUT2D eigenvalue weighted by Gasteiger charge is 2.03. The Hall–Kier alpha value is -1.05. The lowest BCUT2D eigenvalue weighted by Crippen LogP contribution is -1.98. The average Bonchev–Trinajstić information content (AvgIpc) is 2.25. The molecule has 0 fully saturated rings. The van der Waals surface area contributed by atoms with Crippen LogP contribution in [0.5, 0.6) is 5.88 Å². The van der Waals surface area contributed by atoms with Crippen molar-refractivity contribution in [3.63, 3.8) is 0 Å². The van der Waals surface area contributed by atoms with E-state index in [4.69, 9.17) is 4.74 Å². The molecular formula is C12H19NO. The highest BCUT2D eigenvalue weighted by atomic mass is 16.5. The standard InChI is InChI=1S/C12H19NO/c1-4-6-7-11-9-8-10(5-2)12(13-11)14-3/h8-9H,4-7H2,1-3H3. The third-order valence-electron chi connectivity index (χ3n) is 2.36. The Morgan fingerprint density at radius 2 is 2.07 bits per heavy atom. The second-order valence-electron chi connectivity index (χ2n) is 3.43. The smallest absolute Gasteiger partial charge is 0.216 e. The second kappa shape index (κ2) is 5.63. The van der Waals surface area contributed by atoms with Crippen LogP contribution in [0.4, 0.5) is 0 Å². The van der Waals surface area contributed by atoms with Crippen molar-refractivity contribution in [1.82, 2.24) is 4.98 Å². The third-order valence-corrected chi connectivity index (χ3v) is 2.36. The Morgan fingerprint density at radius 1 is 1.29 bits per heavy atom. The topological polar surface area (TPSA) is 22.1 Å². The zero-order valence-electron chi connectivity index (χ0n) is 9.34. The highest BCUT2D eigenvalue weighted by Crippen LogP contribution is 2.17. The summed E-state index contributed by atoms with van der Waals surface area (Å²) in [7, 11) is 1.69. The van der Waals surface area contributed by atoms with E-state index in [-0.39, 0.29) is 0 Å². The summed E-state index contributed by atoms with van der Waals surface area (Å²) in [6.07, 6.45) is 4.43. The summed E-state index contributed by atoms with van der Waals surface area (Å²) in [6, 6.07) is 4.23. The minimum Gasteiger partial charge on any atom is -0.481 e. The minimum absolute atomic E-state index is 0.793. The molecule has 0 aromatic carbocycles. The molecule has 2 heteroatoms. The number of aryl methyl sites for hydroxylation is 2. The molecule has 0 atom stereocenters. The van der Waals surface area contributed by atoms with E-state index >= 15 is 0 Å². The van der Waals surface area contributed by atoms with Crippen LogP contribution in [-0.4, -0.2) is 12.1 Å². The average molecular weight is 193 g/mol. The Labute approximate surface area is 86.3 Å². The molecule has 0 aliphatic heterocycles. The van der Waals surface area contributed by atoms with Gasteiger partial charge in [0.1, 0.15) is 0 Å². The van der Waals surface area contributed by atoms with E-state index < -0.39 is 0 Å². The molecule has 0 N–H and O–H groups in total. The van der Waals surface area contributed by atoms with Gasteiger partial charge in [0, 0.05) is 11.3 Å². The van der Waals surface area contributed by atoms with Crippen LogP contribution in [0.15, 0.2) is 12.1 Å². The fourth-order valence-corrected chi connectivity index (χ4v) is 1.45. The summed E-state index contributed by atoms with van der Waals surface area (Å²) >= 11 is 0. The molecule has 0 aliphatic rings. The molecule has 0 saturated heterocycles. The molecule has 0 unspecified atom stereocenters. The molecule has 0 radical (unpaired) electrons. The van der Waals surface area contributed by atoms with Gasteiger partial charge in [-0.1, -0.05) is 26.3 Å². The predicted molar refractivity (Wildman–Crippen MR) is 58.8 cm³/mol. The molecule has 2 nitrogen and oxygen atoms in total. The van der Waals surface area contributed by atoms with Gasteiger partial charge in [0.15, 0.2) is 0 Å². The molecule has 0 aliphatic carbocycles. The van der Waals surface area contributed by atoms with Crippen molar-refractivity contribution in [2.45, 2.75) is 39.5 Å². The van der Waals surface area contributed by atoms with Crippen LogP contribution in [0.25, 0.3) is 0 Å². The molecule has 0 spiro atoms. The van der Waals surface area contributed by atoms with Gasteiger partial charge in [-0.15, -0.1) is 0 Å². The van der Waals surface area contributed by atoms with E-state index in [2.05, 4.69) is 31.0 Å². The molecule has 1 aromatic heterocycles. The van der Waals surface area contributed by atoms with E-state index in [1.165, 1.54) is 18.4 Å². The van der Waals surface area contributed by atoms with E-state index in [0.717, 1.165) is 24.4 Å². The zero-order chi connectivity index (χ0) is 10.4. The van der Waals surface area contributed by atoms with E-state index in [9.17, 15) is 0 Å². The van der Waals surface area contributed by atoms with Crippen LogP contribution in [0.1, 0.15) is 37.9 Å². The minimum atomic E-state index is 0.793. The second-order valence-corrected chi connectivity index (χ2v) is 3.43. The van der Waals surface area contributed by atoms with Crippen molar-refractivity contribution in [2.75, 3.05) is 7.11 Å². The molecule has 0 amide bonds. The molecular weight excluding hydrogens is 174 g/mol. The van der Waals surface area contributed by atoms with Crippen LogP contribution in [0.3, 0.4) is 0 Å². The maximum Gasteiger partial charge on any atom is 0.216 e. The van der Waals surface area contributed by atoms with Crippen molar-refractivity contribution in [1.29, 1.82) is 0 Å². The van der Waals surface area contributed by atoms with Crippen molar-refractivity contribution in [3.8, 4) is 5.88 Å². The molecule has 78 valence electrons. The molecule has 0 bridgehead atoms. The maximum absolute atomic E-state index is 5.25. The Bertz CT molecular complexity index is 284. The molecule has 1 heterocycles. The summed E-state index contributed by atoms with van der Waals surface area (Å²) in [6.45, 7) is 4.31. The van der Waals surface area contributed by atoms with Crippen LogP contribution in [0, 0.1) is 0 Å². The predicted octanol–water partition coefficient (Wildman–Crippen LogP) is 3.00. The summed E-state index contributed by atoms with van der Waals surface area (Å²) in [5, 5.41) is 0. The maximum atomic E-state index is 5.25. The van der Waals surface area contributed by atoms with Crippen molar-refractivity contribution < 1.29 is 4.74 Å². The van der Waals surface area contributed by atoms with Crippen LogP contribution in [-0.2, 0) is 12.8 Å². The lowest BCUT2D eigenvalue weighted by atomic mass is 10.1. The van der Waals surface area contributed by atoms with Gasteiger partial charge >= 0.3 is 0 Å². The van der Waals surface area contributed by atoms with Gasteiger partial charge in [0.25, 0.3) is 0 Å². The van der Waals surface area contributed by atoms with Crippen molar-refractivity contribution >= 4 is 0 Å². The number of ether oxygens (including phenoxy) is 1. The number of aromatic nitrogens is 1. The van der Waals surface area contributed by atoms with Crippen molar-refractivity contribution in [2.24, 2.45) is 0 Å². The summed E-state index contributed by atoms with van der Waals surface area (Å²) in [5.41, 5.74) is 2.33. The first-order chi connectivity index (χ1) is 6.81. The van der Waals surface area contributed by atoms with Crippen LogP contribution in [0.2, 0.25) is 0 Å². The quantitative estimate of drug-likeness (QED) is 0.717. The number of nitrogens with zero attached hydrogens (tertiary/aromatic N) is 1. The Morgan fingerprint density at radius 3 is 2.64 bits per heavy atom. The fourth-order valence-electron chi connectivity index (χ4n) is 1.45. The van der Waals surface area contributed by atoms with Gasteiger partial charge in [0.05, 0.1) is 7.11 Å². The molecule has 0 saturated carbocycles. The van der Waals surface area contributed by atoms with Gasteiger partial charge in [-0.2, -0.15) is 0 Å². The third kappa shape index (κ3) is 2.72.